The van der Waals surface area contributed by atoms with Crippen molar-refractivity contribution < 1.29 is 24.9 Å². The first-order valence-electron chi connectivity index (χ1n) is 13.9. The predicted molar refractivity (Wildman–Crippen MR) is 131 cm³/mol. The molecule has 6 nitrogen and oxygen atoms in total. The van der Waals surface area contributed by atoms with Crippen molar-refractivity contribution in [1.82, 2.24) is 5.32 Å². The van der Waals surface area contributed by atoms with Crippen LogP contribution in [0.25, 0.3) is 0 Å². The van der Waals surface area contributed by atoms with E-state index in [0.29, 0.717) is 35.0 Å². The van der Waals surface area contributed by atoms with E-state index in [9.17, 15) is 24.9 Å². The average molecular weight is 478 g/mol. The molecule has 194 valence electrons. The number of aliphatic hydroxyl groups excluding tert-OH is 2. The molecule has 4 rings (SSSR count). The summed E-state index contributed by atoms with van der Waals surface area (Å²) >= 11 is 0. The number of aliphatic hydroxyl groups is 2. The Morgan fingerprint density at radius 3 is 2.32 bits per heavy atom. The van der Waals surface area contributed by atoms with Gasteiger partial charge in [0.1, 0.15) is 0 Å². The van der Waals surface area contributed by atoms with Crippen molar-refractivity contribution in [2.24, 2.45) is 46.3 Å². The number of hydrogen-bond acceptors (Lipinski definition) is 4. The monoisotopic (exact) mass is 477 g/mol. The van der Waals surface area contributed by atoms with E-state index in [4.69, 9.17) is 0 Å². The smallest absolute Gasteiger partial charge is 0.328 e. The van der Waals surface area contributed by atoms with Gasteiger partial charge in [-0.25, -0.2) is 4.79 Å². The minimum atomic E-state index is -1.25. The summed E-state index contributed by atoms with van der Waals surface area (Å²) in [5.74, 6) is 2.60. The lowest BCUT2D eigenvalue weighted by Gasteiger charge is -2.61. The van der Waals surface area contributed by atoms with Gasteiger partial charge in [-0.1, -0.05) is 20.8 Å². The highest BCUT2D eigenvalue weighted by atomic mass is 16.4. The number of carbonyl (C=O) groups is 2. The zero-order valence-corrected chi connectivity index (χ0v) is 21.6. The molecule has 0 bridgehead atoms. The zero-order chi connectivity index (χ0) is 24.8. The molecule has 0 saturated heterocycles. The van der Waals surface area contributed by atoms with Crippen molar-refractivity contribution in [2.45, 2.75) is 117 Å². The van der Waals surface area contributed by atoms with Crippen LogP contribution in [0.3, 0.4) is 0 Å². The quantitative estimate of drug-likeness (QED) is 0.436. The zero-order valence-electron chi connectivity index (χ0n) is 21.6. The third kappa shape index (κ3) is 4.54. The lowest BCUT2D eigenvalue weighted by atomic mass is 9.44. The van der Waals surface area contributed by atoms with Crippen molar-refractivity contribution in [1.29, 1.82) is 0 Å². The largest absolute Gasteiger partial charge is 0.480 e. The van der Waals surface area contributed by atoms with Crippen molar-refractivity contribution in [3.05, 3.63) is 0 Å². The van der Waals surface area contributed by atoms with Crippen LogP contribution in [0.4, 0.5) is 0 Å². The van der Waals surface area contributed by atoms with E-state index in [-0.39, 0.29) is 12.0 Å². The Hall–Kier alpha value is -1.14. The van der Waals surface area contributed by atoms with Crippen molar-refractivity contribution in [2.75, 3.05) is 0 Å². The summed E-state index contributed by atoms with van der Waals surface area (Å²) < 4.78 is 0. The van der Waals surface area contributed by atoms with E-state index in [0.717, 1.165) is 37.0 Å². The minimum absolute atomic E-state index is 0.0937. The van der Waals surface area contributed by atoms with Crippen LogP contribution in [-0.2, 0) is 9.59 Å². The predicted octanol–water partition coefficient (Wildman–Crippen LogP) is 4.37. The number of carboxylic acid groups (broad SMARTS) is 1. The number of carboxylic acids is 1. The first-order valence-corrected chi connectivity index (χ1v) is 13.9. The summed E-state index contributed by atoms with van der Waals surface area (Å²) in [7, 11) is 0. The Morgan fingerprint density at radius 1 is 0.971 bits per heavy atom. The highest BCUT2D eigenvalue weighted by molar-refractivity contribution is 5.83. The topological polar surface area (TPSA) is 107 Å². The van der Waals surface area contributed by atoms with E-state index < -0.39 is 18.1 Å². The Kier molecular flexibility index (Phi) is 7.42. The van der Waals surface area contributed by atoms with E-state index in [1.807, 2.05) is 0 Å². The number of fused-ring (bicyclic) bond motifs is 5. The average Bonchev–Trinajstić information content (AvgIpc) is 3.13. The van der Waals surface area contributed by atoms with Gasteiger partial charge in [0.15, 0.2) is 6.04 Å². The number of rotatable bonds is 7. The molecule has 11 atom stereocenters. The van der Waals surface area contributed by atoms with Gasteiger partial charge in [0.05, 0.1) is 12.2 Å². The molecule has 0 aromatic heterocycles. The molecule has 6 heteroatoms. The van der Waals surface area contributed by atoms with Gasteiger partial charge in [-0.05, 0) is 117 Å². The molecule has 4 aliphatic carbocycles. The van der Waals surface area contributed by atoms with E-state index >= 15 is 0 Å². The fourth-order valence-electron chi connectivity index (χ4n) is 9.40. The second kappa shape index (κ2) is 9.72. The van der Waals surface area contributed by atoms with Crippen LogP contribution in [0.2, 0.25) is 0 Å². The molecule has 0 radical (unpaired) electrons. The fourth-order valence-corrected chi connectivity index (χ4v) is 9.40. The molecule has 0 aromatic rings. The fraction of sp³-hybridized carbons (Fsp3) is 0.929. The SMILES string of the molecule is C[C@H](CCC(=O)N[C@H](C(=O)O)[C@@H](C)O)[C@H]1CC[C@H]2[C@@H]3CCC4C[C@H](O)CC[C@]4(C)[C@H]3CC[C@]12C. The van der Waals surface area contributed by atoms with E-state index in [2.05, 4.69) is 26.1 Å². The molecule has 4 aliphatic rings. The summed E-state index contributed by atoms with van der Waals surface area (Å²) in [6, 6.07) is -1.25. The molecular weight excluding hydrogens is 430 g/mol. The lowest BCUT2D eigenvalue weighted by molar-refractivity contribution is -0.144. The molecule has 0 heterocycles. The molecule has 1 amide bonds. The van der Waals surface area contributed by atoms with Gasteiger partial charge in [-0.2, -0.15) is 0 Å². The molecule has 0 aromatic carbocycles. The van der Waals surface area contributed by atoms with Crippen LogP contribution in [0.15, 0.2) is 0 Å². The number of carbonyl (C=O) groups excluding carboxylic acids is 1. The van der Waals surface area contributed by atoms with E-state index in [1.54, 1.807) is 0 Å². The summed E-state index contributed by atoms with van der Waals surface area (Å²) in [4.78, 5) is 23.7. The summed E-state index contributed by atoms with van der Waals surface area (Å²) in [5.41, 5.74) is 0.730. The molecule has 4 fully saturated rings. The first kappa shape index (κ1) is 25.9. The molecule has 4 saturated carbocycles. The van der Waals surface area contributed by atoms with Crippen molar-refractivity contribution in [3.8, 4) is 0 Å². The standard InChI is InChI=1S/C28H47NO5/c1-16(5-10-24(32)29-25(17(2)30)26(33)34)21-8-9-22-20-7-6-18-15-19(31)11-13-27(18,3)23(20)12-14-28(21,22)4/h16-23,25,30-31H,5-15H2,1-4H3,(H,29,32)(H,33,34)/t16-,17-,18?,19-,20+,21-,22+,23+,25+,27+,28-/m1/s1. The van der Waals surface area contributed by atoms with Crippen molar-refractivity contribution >= 4 is 11.9 Å². The normalized spacial score (nSPS) is 44.2. The maximum absolute atomic E-state index is 12.4. The van der Waals surface area contributed by atoms with Gasteiger partial charge in [0.2, 0.25) is 5.91 Å². The third-order valence-corrected chi connectivity index (χ3v) is 11.3. The number of hydrogen-bond donors (Lipinski definition) is 4. The van der Waals surface area contributed by atoms with Crippen LogP contribution in [-0.4, -0.2) is 45.4 Å². The molecule has 1 unspecified atom stereocenters. The van der Waals surface area contributed by atoms with Gasteiger partial charge in [0.25, 0.3) is 0 Å². The molecule has 0 spiro atoms. The van der Waals surface area contributed by atoms with Crippen LogP contribution >= 0.6 is 0 Å². The number of nitrogens with one attached hydrogen (secondary N) is 1. The molecule has 0 aliphatic heterocycles. The molecule has 34 heavy (non-hydrogen) atoms. The number of amides is 1. The van der Waals surface area contributed by atoms with Crippen LogP contribution in [0.1, 0.15) is 98.3 Å². The minimum Gasteiger partial charge on any atom is -0.480 e. The Morgan fingerprint density at radius 2 is 1.65 bits per heavy atom. The molecule has 4 N–H and O–H groups in total. The summed E-state index contributed by atoms with van der Waals surface area (Å²) in [5, 5.41) is 31.6. The van der Waals surface area contributed by atoms with Gasteiger partial charge in [0, 0.05) is 6.42 Å². The Labute approximate surface area is 205 Å². The highest BCUT2D eigenvalue weighted by Crippen LogP contribution is 2.68. The third-order valence-electron chi connectivity index (χ3n) is 11.3. The van der Waals surface area contributed by atoms with Crippen LogP contribution < -0.4 is 5.32 Å². The number of aliphatic carboxylic acids is 1. The van der Waals surface area contributed by atoms with Crippen molar-refractivity contribution in [3.63, 3.8) is 0 Å². The first-order chi connectivity index (χ1) is 16.0. The molecular formula is C28H47NO5. The summed E-state index contributed by atoms with van der Waals surface area (Å²) in [6.45, 7) is 8.73. The second-order valence-corrected chi connectivity index (χ2v) is 13.0. The van der Waals surface area contributed by atoms with Crippen LogP contribution in [0, 0.1) is 46.3 Å². The van der Waals surface area contributed by atoms with Gasteiger partial charge in [-0.3, -0.25) is 4.79 Å². The van der Waals surface area contributed by atoms with Crippen LogP contribution in [0.5, 0.6) is 0 Å². The van der Waals surface area contributed by atoms with E-state index in [1.165, 1.54) is 51.9 Å². The maximum Gasteiger partial charge on any atom is 0.328 e. The Bertz CT molecular complexity index is 770. The van der Waals surface area contributed by atoms with Gasteiger partial charge in [-0.15, -0.1) is 0 Å². The second-order valence-electron chi connectivity index (χ2n) is 13.0. The highest BCUT2D eigenvalue weighted by Gasteiger charge is 2.60. The Balaban J connectivity index is 1.38. The van der Waals surface area contributed by atoms with Gasteiger partial charge >= 0.3 is 5.97 Å². The maximum atomic E-state index is 12.4. The lowest BCUT2D eigenvalue weighted by Crippen LogP contribution is -2.54. The van der Waals surface area contributed by atoms with Gasteiger partial charge < -0.3 is 20.6 Å². The summed E-state index contributed by atoms with van der Waals surface area (Å²) in [6.07, 6.45) is 10.7.